The monoisotopic (exact) mass is 450 g/mol. The van der Waals surface area contributed by atoms with Crippen molar-refractivity contribution in [2.45, 2.75) is 19.4 Å². The van der Waals surface area contributed by atoms with E-state index in [4.69, 9.17) is 21.1 Å². The number of rotatable bonds is 6. The number of para-hydroxylation sites is 1. The highest BCUT2D eigenvalue weighted by Gasteiger charge is 2.19. The zero-order valence-electron chi connectivity index (χ0n) is 17.6. The topological polar surface area (TPSA) is 76.7 Å². The van der Waals surface area contributed by atoms with E-state index >= 15 is 0 Å². The lowest BCUT2D eigenvalue weighted by Crippen LogP contribution is -2.28. The zero-order chi connectivity index (χ0) is 22.5. The first-order valence-electron chi connectivity index (χ1n) is 10.3. The molecular weight excluding hydrogens is 428 g/mol. The molecule has 1 aliphatic rings. The molecule has 0 fully saturated rings. The van der Waals surface area contributed by atoms with Crippen LogP contribution < -0.4 is 20.1 Å². The first-order valence-corrected chi connectivity index (χ1v) is 10.7. The quantitative estimate of drug-likeness (QED) is 0.566. The number of hydrogen-bond donors (Lipinski definition) is 2. The summed E-state index contributed by atoms with van der Waals surface area (Å²) in [5.74, 6) is 0.492. The van der Waals surface area contributed by atoms with E-state index in [0.29, 0.717) is 46.5 Å². The Morgan fingerprint density at radius 2 is 1.72 bits per heavy atom. The fraction of sp³-hybridized carbons (Fsp3) is 0.200. The van der Waals surface area contributed by atoms with Crippen LogP contribution in [0.1, 0.15) is 34.5 Å². The molecule has 0 saturated heterocycles. The summed E-state index contributed by atoms with van der Waals surface area (Å²) in [6, 6.07) is 19.9. The van der Waals surface area contributed by atoms with E-state index in [1.165, 1.54) is 0 Å². The number of amides is 2. The molecule has 32 heavy (non-hydrogen) atoms. The van der Waals surface area contributed by atoms with E-state index in [2.05, 4.69) is 10.6 Å². The first-order chi connectivity index (χ1) is 15.5. The molecule has 6 nitrogen and oxygen atoms in total. The van der Waals surface area contributed by atoms with E-state index in [-0.39, 0.29) is 24.3 Å². The number of anilines is 1. The average Bonchev–Trinajstić information content (AvgIpc) is 2.80. The molecule has 0 spiro atoms. The fourth-order valence-corrected chi connectivity index (χ4v) is 3.82. The van der Waals surface area contributed by atoms with Crippen molar-refractivity contribution >= 4 is 29.1 Å². The molecule has 2 N–H and O–H groups in total. The van der Waals surface area contributed by atoms with Crippen molar-refractivity contribution < 1.29 is 19.1 Å². The Bertz CT molecular complexity index is 1130. The molecule has 1 aliphatic heterocycles. The molecule has 1 atom stereocenters. The number of carbonyl (C=O) groups is 2. The Labute approximate surface area is 191 Å². The molecule has 0 radical (unpaired) electrons. The van der Waals surface area contributed by atoms with Crippen molar-refractivity contribution in [1.82, 2.24) is 5.32 Å². The van der Waals surface area contributed by atoms with Gasteiger partial charge in [-0.25, -0.2) is 0 Å². The van der Waals surface area contributed by atoms with Crippen LogP contribution >= 0.6 is 11.6 Å². The van der Waals surface area contributed by atoms with Crippen molar-refractivity contribution in [2.75, 3.05) is 18.5 Å². The Hall–Kier alpha value is -3.51. The lowest BCUT2D eigenvalue weighted by Gasteiger charge is -2.20. The number of hydrogen-bond acceptors (Lipinski definition) is 4. The van der Waals surface area contributed by atoms with Crippen molar-refractivity contribution in [1.29, 1.82) is 0 Å². The predicted molar refractivity (Wildman–Crippen MR) is 124 cm³/mol. The first kappa shape index (κ1) is 21.7. The lowest BCUT2D eigenvalue weighted by atomic mass is 10.1. The molecule has 0 aliphatic carbocycles. The highest BCUT2D eigenvalue weighted by molar-refractivity contribution is 6.32. The summed E-state index contributed by atoms with van der Waals surface area (Å²) in [6.07, 6.45) is 0.0761. The highest BCUT2D eigenvalue weighted by atomic mass is 35.5. The van der Waals surface area contributed by atoms with Gasteiger partial charge in [0.05, 0.1) is 28.7 Å². The van der Waals surface area contributed by atoms with Gasteiger partial charge in [0.25, 0.3) is 5.91 Å². The van der Waals surface area contributed by atoms with Crippen LogP contribution in [0.15, 0.2) is 66.7 Å². The van der Waals surface area contributed by atoms with Gasteiger partial charge in [-0.15, -0.1) is 0 Å². The van der Waals surface area contributed by atoms with Crippen LogP contribution in [-0.2, 0) is 11.2 Å². The van der Waals surface area contributed by atoms with E-state index in [1.54, 1.807) is 36.4 Å². The van der Waals surface area contributed by atoms with E-state index in [0.717, 1.165) is 5.56 Å². The van der Waals surface area contributed by atoms with Gasteiger partial charge in [-0.05, 0) is 42.3 Å². The third kappa shape index (κ3) is 5.03. The predicted octanol–water partition coefficient (Wildman–Crippen LogP) is 4.78. The largest absolute Gasteiger partial charge is 0.486 e. The normalized spacial score (nSPS) is 13.2. The number of nitrogens with one attached hydrogen (secondary N) is 2. The van der Waals surface area contributed by atoms with Crippen molar-refractivity contribution in [2.24, 2.45) is 0 Å². The summed E-state index contributed by atoms with van der Waals surface area (Å²) in [6.45, 7) is 2.79. The SMILES string of the molecule is C[C@@H](NC(=O)c1ccccc1NC(=O)Cc1cc(Cl)c2c(c1)OCCO2)c1ccccc1. The van der Waals surface area contributed by atoms with E-state index in [9.17, 15) is 9.59 Å². The molecule has 0 unspecified atom stereocenters. The third-order valence-electron chi connectivity index (χ3n) is 5.11. The van der Waals surface area contributed by atoms with Gasteiger partial charge in [-0.2, -0.15) is 0 Å². The summed E-state index contributed by atoms with van der Waals surface area (Å²) in [5, 5.41) is 6.22. The van der Waals surface area contributed by atoms with Gasteiger partial charge in [0.15, 0.2) is 11.5 Å². The molecule has 3 aromatic carbocycles. The second-order valence-electron chi connectivity index (χ2n) is 7.48. The Morgan fingerprint density at radius 3 is 2.53 bits per heavy atom. The van der Waals surface area contributed by atoms with Crippen LogP contribution in [0.4, 0.5) is 5.69 Å². The zero-order valence-corrected chi connectivity index (χ0v) is 18.3. The smallest absolute Gasteiger partial charge is 0.253 e. The Morgan fingerprint density at radius 1 is 1.00 bits per heavy atom. The van der Waals surface area contributed by atoms with E-state index in [1.807, 2.05) is 37.3 Å². The molecular formula is C25H23ClN2O4. The van der Waals surface area contributed by atoms with Gasteiger partial charge in [-0.3, -0.25) is 9.59 Å². The summed E-state index contributed by atoms with van der Waals surface area (Å²) in [7, 11) is 0. The maximum atomic E-state index is 12.9. The van der Waals surface area contributed by atoms with Gasteiger partial charge in [0, 0.05) is 0 Å². The molecule has 7 heteroatoms. The lowest BCUT2D eigenvalue weighted by molar-refractivity contribution is -0.115. The minimum atomic E-state index is -0.269. The Kier molecular flexibility index (Phi) is 6.61. The third-order valence-corrected chi connectivity index (χ3v) is 5.39. The van der Waals surface area contributed by atoms with Crippen LogP contribution in [0.5, 0.6) is 11.5 Å². The summed E-state index contributed by atoms with van der Waals surface area (Å²) in [5.41, 5.74) is 2.52. The van der Waals surface area contributed by atoms with Crippen LogP contribution in [0.3, 0.4) is 0 Å². The van der Waals surface area contributed by atoms with Crippen molar-refractivity contribution in [3.05, 3.63) is 88.4 Å². The molecule has 0 bridgehead atoms. The summed E-state index contributed by atoms with van der Waals surface area (Å²) >= 11 is 6.27. The summed E-state index contributed by atoms with van der Waals surface area (Å²) in [4.78, 5) is 25.6. The minimum absolute atomic E-state index is 0.0761. The van der Waals surface area contributed by atoms with Gasteiger partial charge in [0.2, 0.25) is 5.91 Å². The number of carbonyl (C=O) groups excluding carboxylic acids is 2. The second kappa shape index (κ2) is 9.75. The molecule has 1 heterocycles. The van der Waals surface area contributed by atoms with Crippen LogP contribution in [0.25, 0.3) is 0 Å². The van der Waals surface area contributed by atoms with Crippen LogP contribution in [-0.4, -0.2) is 25.0 Å². The molecule has 0 saturated carbocycles. The molecule has 3 aromatic rings. The van der Waals surface area contributed by atoms with E-state index < -0.39 is 0 Å². The van der Waals surface area contributed by atoms with Crippen molar-refractivity contribution in [3.8, 4) is 11.5 Å². The molecule has 164 valence electrons. The highest BCUT2D eigenvalue weighted by Crippen LogP contribution is 2.38. The fourth-order valence-electron chi connectivity index (χ4n) is 3.54. The number of halogens is 1. The molecule has 4 rings (SSSR count). The van der Waals surface area contributed by atoms with Crippen LogP contribution in [0.2, 0.25) is 5.02 Å². The van der Waals surface area contributed by atoms with Gasteiger partial charge in [-0.1, -0.05) is 54.1 Å². The maximum Gasteiger partial charge on any atom is 0.253 e. The van der Waals surface area contributed by atoms with Gasteiger partial charge >= 0.3 is 0 Å². The average molecular weight is 451 g/mol. The van der Waals surface area contributed by atoms with Crippen LogP contribution in [0, 0.1) is 0 Å². The van der Waals surface area contributed by atoms with Crippen molar-refractivity contribution in [3.63, 3.8) is 0 Å². The standard InChI is InChI=1S/C25H23ClN2O4/c1-16(18-7-3-2-4-8-18)27-25(30)19-9-5-6-10-21(19)28-23(29)15-17-13-20(26)24-22(14-17)31-11-12-32-24/h2-10,13-14,16H,11-12,15H2,1H3,(H,27,30)(H,28,29)/t16-/m1/s1. The number of ether oxygens (including phenoxy) is 2. The molecule has 2 amide bonds. The Balaban J connectivity index is 1.45. The molecule has 0 aromatic heterocycles. The number of benzene rings is 3. The minimum Gasteiger partial charge on any atom is -0.486 e. The number of fused-ring (bicyclic) bond motifs is 1. The summed E-state index contributed by atoms with van der Waals surface area (Å²) < 4.78 is 11.1. The van der Waals surface area contributed by atoms with Gasteiger partial charge in [0.1, 0.15) is 13.2 Å². The second-order valence-corrected chi connectivity index (χ2v) is 7.89. The maximum absolute atomic E-state index is 12.9. The van der Waals surface area contributed by atoms with Gasteiger partial charge < -0.3 is 20.1 Å².